The fourth-order valence-corrected chi connectivity index (χ4v) is 2.39. The second kappa shape index (κ2) is 5.72. The molecule has 0 spiro atoms. The predicted octanol–water partition coefficient (Wildman–Crippen LogP) is 1.64. The number of nitriles is 1. The van der Waals surface area contributed by atoms with Crippen molar-refractivity contribution in [3.8, 4) is 6.07 Å². The maximum Gasteiger partial charge on any atom is 0.246 e. The van der Waals surface area contributed by atoms with E-state index in [0.29, 0.717) is 13.0 Å². The maximum absolute atomic E-state index is 11.8. The average Bonchev–Trinajstić information content (AvgIpc) is 2.74. The summed E-state index contributed by atoms with van der Waals surface area (Å²) in [5.74, 6) is -0.0188. The Kier molecular flexibility index (Phi) is 4.03. The Bertz CT molecular complexity index is 521. The number of hydrogen-bond acceptors (Lipinski definition) is 4. The molecule has 1 aromatic rings. The van der Waals surface area contributed by atoms with Gasteiger partial charge in [-0.3, -0.25) is 4.79 Å². The standard InChI is InChI=1S/C14H18N4O/c1-3-18(8-4-7-15)10-5-6-11-12(9-10)17-14(19)13(11)16-2/h5-6,9,13,16H,3-4,8H2,1-2H3,(H,17,19). The van der Waals surface area contributed by atoms with Gasteiger partial charge in [-0.1, -0.05) is 6.07 Å². The first-order valence-electron chi connectivity index (χ1n) is 6.45. The van der Waals surface area contributed by atoms with Crippen LogP contribution in [0.5, 0.6) is 0 Å². The summed E-state index contributed by atoms with van der Waals surface area (Å²) in [5.41, 5.74) is 2.87. The van der Waals surface area contributed by atoms with E-state index in [0.717, 1.165) is 23.5 Å². The molecule has 5 nitrogen and oxygen atoms in total. The zero-order valence-corrected chi connectivity index (χ0v) is 11.2. The molecule has 1 unspecified atom stereocenters. The zero-order valence-electron chi connectivity index (χ0n) is 11.2. The lowest BCUT2D eigenvalue weighted by Crippen LogP contribution is -2.24. The van der Waals surface area contributed by atoms with Gasteiger partial charge in [-0.25, -0.2) is 0 Å². The Hall–Kier alpha value is -2.06. The summed E-state index contributed by atoms with van der Waals surface area (Å²) in [7, 11) is 1.78. The van der Waals surface area contributed by atoms with Crippen molar-refractivity contribution in [2.24, 2.45) is 0 Å². The molecule has 0 saturated carbocycles. The molecule has 1 aromatic carbocycles. The third-order valence-corrected chi connectivity index (χ3v) is 3.40. The van der Waals surface area contributed by atoms with Crippen LogP contribution in [0.1, 0.15) is 24.9 Å². The van der Waals surface area contributed by atoms with Crippen LogP contribution in [0.4, 0.5) is 11.4 Å². The van der Waals surface area contributed by atoms with E-state index in [1.807, 2.05) is 18.2 Å². The van der Waals surface area contributed by atoms with Crippen molar-refractivity contribution in [3.05, 3.63) is 23.8 Å². The van der Waals surface area contributed by atoms with Gasteiger partial charge in [0.25, 0.3) is 0 Å². The average molecular weight is 258 g/mol. The summed E-state index contributed by atoms with van der Waals surface area (Å²) < 4.78 is 0. The van der Waals surface area contributed by atoms with Crippen LogP contribution in [0.3, 0.4) is 0 Å². The highest BCUT2D eigenvalue weighted by molar-refractivity contribution is 6.03. The van der Waals surface area contributed by atoms with Crippen LogP contribution in [0, 0.1) is 11.3 Å². The van der Waals surface area contributed by atoms with Crippen molar-refractivity contribution < 1.29 is 4.79 Å². The molecule has 0 radical (unpaired) electrons. The lowest BCUT2D eigenvalue weighted by atomic mass is 10.1. The molecule has 1 heterocycles. The number of carbonyl (C=O) groups excluding carboxylic acids is 1. The topological polar surface area (TPSA) is 68.2 Å². The molecule has 0 fully saturated rings. The first-order chi connectivity index (χ1) is 9.21. The number of nitrogens with one attached hydrogen (secondary N) is 2. The second-order valence-electron chi connectivity index (χ2n) is 4.47. The highest BCUT2D eigenvalue weighted by Crippen LogP contribution is 2.33. The highest BCUT2D eigenvalue weighted by Gasteiger charge is 2.29. The van der Waals surface area contributed by atoms with Crippen molar-refractivity contribution >= 4 is 17.3 Å². The van der Waals surface area contributed by atoms with E-state index in [2.05, 4.69) is 28.5 Å². The van der Waals surface area contributed by atoms with Gasteiger partial charge in [-0.05, 0) is 26.1 Å². The number of rotatable bonds is 5. The number of nitrogens with zero attached hydrogens (tertiary/aromatic N) is 2. The first-order valence-corrected chi connectivity index (χ1v) is 6.45. The summed E-state index contributed by atoms with van der Waals surface area (Å²) in [6.45, 7) is 3.60. The number of carbonyl (C=O) groups is 1. The van der Waals surface area contributed by atoms with E-state index in [4.69, 9.17) is 5.26 Å². The van der Waals surface area contributed by atoms with E-state index in [-0.39, 0.29) is 11.9 Å². The van der Waals surface area contributed by atoms with Crippen LogP contribution in [-0.2, 0) is 4.79 Å². The Morgan fingerprint density at radius 3 is 2.95 bits per heavy atom. The Labute approximate surface area is 113 Å². The van der Waals surface area contributed by atoms with Gasteiger partial charge in [0.15, 0.2) is 0 Å². The molecule has 1 amide bonds. The predicted molar refractivity (Wildman–Crippen MR) is 75.0 cm³/mol. The quantitative estimate of drug-likeness (QED) is 0.842. The number of hydrogen-bond donors (Lipinski definition) is 2. The summed E-state index contributed by atoms with van der Waals surface area (Å²) in [6, 6.07) is 7.84. The Morgan fingerprint density at radius 1 is 1.53 bits per heavy atom. The largest absolute Gasteiger partial charge is 0.371 e. The molecule has 1 aliphatic heterocycles. The molecule has 2 rings (SSSR count). The van der Waals surface area contributed by atoms with Gasteiger partial charge in [0, 0.05) is 30.0 Å². The van der Waals surface area contributed by atoms with Crippen LogP contribution in [0.15, 0.2) is 18.2 Å². The van der Waals surface area contributed by atoms with Crippen molar-refractivity contribution in [2.45, 2.75) is 19.4 Å². The summed E-state index contributed by atoms with van der Waals surface area (Å²) in [5, 5.41) is 14.6. The second-order valence-corrected chi connectivity index (χ2v) is 4.47. The number of amides is 1. The third-order valence-electron chi connectivity index (χ3n) is 3.40. The summed E-state index contributed by atoms with van der Waals surface area (Å²) >= 11 is 0. The van der Waals surface area contributed by atoms with Gasteiger partial charge in [-0.15, -0.1) is 0 Å². The van der Waals surface area contributed by atoms with Gasteiger partial charge in [0.1, 0.15) is 6.04 Å². The maximum atomic E-state index is 11.8. The molecular weight excluding hydrogens is 240 g/mol. The molecular formula is C14H18N4O. The van der Waals surface area contributed by atoms with Crippen molar-refractivity contribution in [1.29, 1.82) is 5.26 Å². The van der Waals surface area contributed by atoms with Gasteiger partial charge < -0.3 is 15.5 Å². The highest BCUT2D eigenvalue weighted by atomic mass is 16.2. The normalized spacial score (nSPS) is 16.7. The lowest BCUT2D eigenvalue weighted by molar-refractivity contribution is -0.117. The van der Waals surface area contributed by atoms with Crippen LogP contribution in [-0.4, -0.2) is 26.0 Å². The van der Waals surface area contributed by atoms with Crippen LogP contribution < -0.4 is 15.5 Å². The summed E-state index contributed by atoms with van der Waals surface area (Å²) in [4.78, 5) is 13.9. The SMILES string of the molecule is CCN(CCC#N)c1ccc2c(c1)NC(=O)C2NC. The molecule has 0 bridgehead atoms. The fourth-order valence-electron chi connectivity index (χ4n) is 2.39. The molecule has 0 aromatic heterocycles. The van der Waals surface area contributed by atoms with Crippen molar-refractivity contribution in [3.63, 3.8) is 0 Å². The molecule has 19 heavy (non-hydrogen) atoms. The van der Waals surface area contributed by atoms with Gasteiger partial charge >= 0.3 is 0 Å². The molecule has 1 atom stereocenters. The third kappa shape index (κ3) is 2.54. The monoisotopic (exact) mass is 258 g/mol. The van der Waals surface area contributed by atoms with E-state index < -0.39 is 0 Å². The number of anilines is 2. The van der Waals surface area contributed by atoms with Crippen LogP contribution >= 0.6 is 0 Å². The smallest absolute Gasteiger partial charge is 0.246 e. The Morgan fingerprint density at radius 2 is 2.32 bits per heavy atom. The van der Waals surface area contributed by atoms with E-state index in [1.165, 1.54) is 0 Å². The molecule has 2 N–H and O–H groups in total. The molecule has 100 valence electrons. The van der Waals surface area contributed by atoms with E-state index >= 15 is 0 Å². The molecule has 5 heteroatoms. The van der Waals surface area contributed by atoms with Crippen molar-refractivity contribution in [1.82, 2.24) is 5.32 Å². The number of benzene rings is 1. The van der Waals surface area contributed by atoms with E-state index in [9.17, 15) is 4.79 Å². The minimum Gasteiger partial charge on any atom is -0.371 e. The van der Waals surface area contributed by atoms with Crippen molar-refractivity contribution in [2.75, 3.05) is 30.4 Å². The minimum absolute atomic E-state index is 0.0188. The fraction of sp³-hybridized carbons (Fsp3) is 0.429. The number of likely N-dealkylation sites (N-methyl/N-ethyl adjacent to an activating group) is 1. The molecule has 0 aliphatic carbocycles. The van der Waals surface area contributed by atoms with Gasteiger partial charge in [0.05, 0.1) is 12.5 Å². The van der Waals surface area contributed by atoms with E-state index in [1.54, 1.807) is 7.05 Å². The Balaban J connectivity index is 2.25. The van der Waals surface area contributed by atoms with Crippen LogP contribution in [0.2, 0.25) is 0 Å². The van der Waals surface area contributed by atoms with Gasteiger partial charge in [0.2, 0.25) is 5.91 Å². The van der Waals surface area contributed by atoms with Gasteiger partial charge in [-0.2, -0.15) is 5.26 Å². The molecule has 1 aliphatic rings. The lowest BCUT2D eigenvalue weighted by Gasteiger charge is -2.22. The number of fused-ring (bicyclic) bond motifs is 1. The van der Waals surface area contributed by atoms with Crippen LogP contribution in [0.25, 0.3) is 0 Å². The zero-order chi connectivity index (χ0) is 13.8. The molecule has 0 saturated heterocycles. The minimum atomic E-state index is -0.266. The first kappa shape index (κ1) is 13.4. The summed E-state index contributed by atoms with van der Waals surface area (Å²) in [6.07, 6.45) is 0.496.